The summed E-state index contributed by atoms with van der Waals surface area (Å²) >= 11 is 0. The lowest BCUT2D eigenvalue weighted by Crippen LogP contribution is -2.54. The zero-order valence-corrected chi connectivity index (χ0v) is 12.0. The lowest BCUT2D eigenvalue weighted by atomic mass is 9.91. The van der Waals surface area contributed by atoms with Gasteiger partial charge in [-0.2, -0.15) is 0 Å². The molecule has 0 aliphatic carbocycles. The van der Waals surface area contributed by atoms with Crippen LogP contribution in [0.2, 0.25) is 0 Å². The predicted octanol–water partition coefficient (Wildman–Crippen LogP) is 2.69. The van der Waals surface area contributed by atoms with Crippen LogP contribution in [0.25, 0.3) is 0 Å². The summed E-state index contributed by atoms with van der Waals surface area (Å²) in [4.78, 5) is 12.1. The van der Waals surface area contributed by atoms with Crippen LogP contribution in [0.1, 0.15) is 33.3 Å². The Labute approximate surface area is 114 Å². The predicted molar refractivity (Wildman–Crippen MR) is 73.4 cm³/mol. The minimum Gasteiger partial charge on any atom is -0.465 e. The molecule has 0 aromatic heterocycles. The van der Waals surface area contributed by atoms with Crippen LogP contribution >= 0.6 is 0 Å². The molecule has 4 heteroatoms. The minimum atomic E-state index is -0.924. The Kier molecular flexibility index (Phi) is 5.48. The summed E-state index contributed by atoms with van der Waals surface area (Å²) in [5.74, 6) is -0.657. The highest BCUT2D eigenvalue weighted by atomic mass is 19.1. The summed E-state index contributed by atoms with van der Waals surface area (Å²) in [5, 5.41) is 3.18. The Bertz CT molecular complexity index is 434. The number of carbonyl (C=O) groups excluding carboxylic acids is 1. The van der Waals surface area contributed by atoms with Crippen LogP contribution in [0.3, 0.4) is 0 Å². The molecule has 0 amide bonds. The van der Waals surface area contributed by atoms with Crippen LogP contribution in [0, 0.1) is 5.82 Å². The molecule has 106 valence electrons. The number of nitrogens with one attached hydrogen (secondary N) is 1. The van der Waals surface area contributed by atoms with E-state index in [0.717, 1.165) is 0 Å². The van der Waals surface area contributed by atoms with Crippen molar-refractivity contribution in [1.82, 2.24) is 5.32 Å². The molecule has 0 fully saturated rings. The number of carbonyl (C=O) groups is 1. The molecule has 0 saturated carbocycles. The van der Waals surface area contributed by atoms with Crippen molar-refractivity contribution in [3.63, 3.8) is 0 Å². The van der Waals surface area contributed by atoms with Crippen molar-refractivity contribution < 1.29 is 13.9 Å². The van der Waals surface area contributed by atoms with Gasteiger partial charge in [0.25, 0.3) is 0 Å². The van der Waals surface area contributed by atoms with Crippen LogP contribution in [-0.2, 0) is 16.0 Å². The Morgan fingerprint density at radius 2 is 2.05 bits per heavy atom. The molecule has 1 N–H and O–H groups in total. The first-order chi connectivity index (χ1) is 8.89. The van der Waals surface area contributed by atoms with Crippen molar-refractivity contribution in [2.75, 3.05) is 6.61 Å². The van der Waals surface area contributed by atoms with Crippen molar-refractivity contribution >= 4 is 5.97 Å². The highest BCUT2D eigenvalue weighted by Gasteiger charge is 2.36. The normalized spacial score (nSPS) is 14.2. The van der Waals surface area contributed by atoms with Gasteiger partial charge in [-0.15, -0.1) is 0 Å². The molecular weight excluding hydrogens is 245 g/mol. The second kappa shape index (κ2) is 6.66. The first-order valence-electron chi connectivity index (χ1n) is 6.57. The Morgan fingerprint density at radius 3 is 2.58 bits per heavy atom. The molecule has 0 heterocycles. The van der Waals surface area contributed by atoms with Crippen LogP contribution in [-0.4, -0.2) is 24.2 Å². The van der Waals surface area contributed by atoms with Crippen molar-refractivity contribution in [1.29, 1.82) is 0 Å². The van der Waals surface area contributed by atoms with E-state index in [1.54, 1.807) is 32.0 Å². The summed E-state index contributed by atoms with van der Waals surface area (Å²) in [6, 6.07) is 6.59. The fourth-order valence-electron chi connectivity index (χ4n) is 2.13. The zero-order chi connectivity index (χ0) is 14.5. The van der Waals surface area contributed by atoms with Gasteiger partial charge in [-0.25, -0.2) is 4.39 Å². The maximum absolute atomic E-state index is 13.7. The van der Waals surface area contributed by atoms with E-state index in [1.165, 1.54) is 6.07 Å². The first kappa shape index (κ1) is 15.6. The van der Waals surface area contributed by atoms with Gasteiger partial charge in [-0.1, -0.05) is 18.2 Å². The van der Waals surface area contributed by atoms with Gasteiger partial charge >= 0.3 is 5.97 Å². The zero-order valence-electron chi connectivity index (χ0n) is 12.0. The average molecular weight is 267 g/mol. The maximum atomic E-state index is 13.7. The van der Waals surface area contributed by atoms with Gasteiger partial charge in [0.2, 0.25) is 0 Å². The molecule has 1 unspecified atom stereocenters. The van der Waals surface area contributed by atoms with Gasteiger partial charge in [0.1, 0.15) is 11.4 Å². The number of halogens is 1. The lowest BCUT2D eigenvalue weighted by Gasteiger charge is -2.31. The van der Waals surface area contributed by atoms with Crippen molar-refractivity contribution in [3.05, 3.63) is 35.6 Å². The van der Waals surface area contributed by atoms with Gasteiger partial charge < -0.3 is 4.74 Å². The average Bonchev–Trinajstić information content (AvgIpc) is 2.31. The first-order valence-corrected chi connectivity index (χ1v) is 6.57. The molecule has 3 nitrogen and oxygen atoms in total. The molecule has 0 spiro atoms. The SMILES string of the molecule is CCOC(=O)C(C)(Cc1ccccc1F)NC(C)C. The molecule has 0 bridgehead atoms. The maximum Gasteiger partial charge on any atom is 0.326 e. The monoisotopic (exact) mass is 267 g/mol. The number of hydrogen-bond acceptors (Lipinski definition) is 3. The van der Waals surface area contributed by atoms with Crippen molar-refractivity contribution in [3.8, 4) is 0 Å². The largest absolute Gasteiger partial charge is 0.465 e. The van der Waals surface area contributed by atoms with Gasteiger partial charge in [-0.3, -0.25) is 10.1 Å². The van der Waals surface area contributed by atoms with E-state index in [0.29, 0.717) is 12.2 Å². The third-order valence-corrected chi connectivity index (χ3v) is 2.84. The molecule has 0 aliphatic heterocycles. The standard InChI is InChI=1S/C15H22FNO2/c1-5-19-14(18)15(4,17-11(2)3)10-12-8-6-7-9-13(12)16/h6-9,11,17H,5,10H2,1-4H3. The summed E-state index contributed by atoms with van der Waals surface area (Å²) in [6.45, 7) is 7.71. The number of benzene rings is 1. The number of rotatable bonds is 6. The highest BCUT2D eigenvalue weighted by molar-refractivity contribution is 5.80. The van der Waals surface area contributed by atoms with Crippen molar-refractivity contribution in [2.45, 2.75) is 45.7 Å². The van der Waals surface area contributed by atoms with Crippen LogP contribution in [0.15, 0.2) is 24.3 Å². The third-order valence-electron chi connectivity index (χ3n) is 2.84. The molecule has 1 atom stereocenters. The Balaban J connectivity index is 2.97. The van der Waals surface area contributed by atoms with Crippen molar-refractivity contribution in [2.24, 2.45) is 0 Å². The molecule has 1 aromatic carbocycles. The third kappa shape index (κ3) is 4.31. The van der Waals surface area contributed by atoms with E-state index >= 15 is 0 Å². The highest BCUT2D eigenvalue weighted by Crippen LogP contribution is 2.18. The molecule has 0 radical (unpaired) electrons. The summed E-state index contributed by atoms with van der Waals surface area (Å²) in [5.41, 5.74) is -0.418. The second-order valence-corrected chi connectivity index (χ2v) is 5.12. The Hall–Kier alpha value is -1.42. The van der Waals surface area contributed by atoms with E-state index in [4.69, 9.17) is 4.74 Å². The van der Waals surface area contributed by atoms with Gasteiger partial charge in [0.15, 0.2) is 0 Å². The minimum absolute atomic E-state index is 0.0983. The van der Waals surface area contributed by atoms with E-state index in [2.05, 4.69) is 5.32 Å². The Morgan fingerprint density at radius 1 is 1.42 bits per heavy atom. The number of esters is 1. The van der Waals surface area contributed by atoms with Gasteiger partial charge in [-0.05, 0) is 39.3 Å². The topological polar surface area (TPSA) is 38.3 Å². The van der Waals surface area contributed by atoms with Gasteiger partial charge in [0.05, 0.1) is 6.61 Å². The van der Waals surface area contributed by atoms with E-state index in [1.807, 2.05) is 13.8 Å². The van der Waals surface area contributed by atoms with E-state index < -0.39 is 5.54 Å². The van der Waals surface area contributed by atoms with E-state index in [9.17, 15) is 9.18 Å². The molecular formula is C15H22FNO2. The van der Waals surface area contributed by atoms with E-state index in [-0.39, 0.29) is 24.2 Å². The quantitative estimate of drug-likeness (QED) is 0.805. The summed E-state index contributed by atoms with van der Waals surface area (Å²) in [6.07, 6.45) is 0.261. The fourth-order valence-corrected chi connectivity index (χ4v) is 2.13. The van der Waals surface area contributed by atoms with Crippen LogP contribution < -0.4 is 5.32 Å². The smallest absolute Gasteiger partial charge is 0.326 e. The molecule has 19 heavy (non-hydrogen) atoms. The van der Waals surface area contributed by atoms with Gasteiger partial charge in [0, 0.05) is 12.5 Å². The second-order valence-electron chi connectivity index (χ2n) is 5.12. The molecule has 0 saturated heterocycles. The lowest BCUT2D eigenvalue weighted by molar-refractivity contribution is -0.150. The molecule has 1 rings (SSSR count). The fraction of sp³-hybridized carbons (Fsp3) is 0.533. The number of hydrogen-bond donors (Lipinski definition) is 1. The molecule has 0 aliphatic rings. The van der Waals surface area contributed by atoms with Crippen LogP contribution in [0.5, 0.6) is 0 Å². The summed E-state index contributed by atoms with van der Waals surface area (Å²) in [7, 11) is 0. The molecule has 1 aromatic rings. The summed E-state index contributed by atoms with van der Waals surface area (Å²) < 4.78 is 18.8. The number of ether oxygens (including phenoxy) is 1. The van der Waals surface area contributed by atoms with Crippen LogP contribution in [0.4, 0.5) is 4.39 Å².